The van der Waals surface area contributed by atoms with Gasteiger partial charge in [-0.3, -0.25) is 0 Å². The third kappa shape index (κ3) is 4.77. The largest absolute Gasteiger partial charge is 0.399 e. The minimum absolute atomic E-state index is 0.598. The van der Waals surface area contributed by atoms with Crippen molar-refractivity contribution in [3.8, 4) is 0 Å². The van der Waals surface area contributed by atoms with Crippen molar-refractivity contribution >= 4 is 11.8 Å². The van der Waals surface area contributed by atoms with Crippen LogP contribution in [0.15, 0.2) is 24.3 Å². The molecule has 0 radical (unpaired) electrons. The van der Waals surface area contributed by atoms with Gasteiger partial charge in [0.25, 0.3) is 0 Å². The van der Waals surface area contributed by atoms with Crippen molar-refractivity contribution in [2.45, 2.75) is 19.8 Å². The molecule has 0 aromatic heterocycles. The molecule has 0 bridgehead atoms. The van der Waals surface area contributed by atoms with Crippen molar-refractivity contribution in [3.05, 3.63) is 29.8 Å². The molecule has 0 unspecified atom stereocenters. The Morgan fingerprint density at radius 1 is 1.31 bits per heavy atom. The molecule has 0 fully saturated rings. The molecule has 0 aliphatic carbocycles. The minimum Gasteiger partial charge on any atom is -0.399 e. The molecule has 1 aromatic rings. The number of rotatable bonds is 1. The van der Waals surface area contributed by atoms with Gasteiger partial charge in [0.05, 0.1) is 0 Å². The summed E-state index contributed by atoms with van der Waals surface area (Å²) in [6.45, 7) is 4.34. The summed E-state index contributed by atoms with van der Waals surface area (Å²) in [6, 6.07) is 8.02. The Morgan fingerprint density at radius 3 is 2.00 bits per heavy atom. The van der Waals surface area contributed by atoms with E-state index in [0.717, 1.165) is 11.8 Å². The number of nitrogens with one attached hydrogen (secondary N) is 1. The third-order valence-electron chi connectivity index (χ3n) is 1.60. The maximum absolute atomic E-state index is 8.35. The van der Waals surface area contributed by atoms with Gasteiger partial charge >= 0.3 is 0 Å². The van der Waals surface area contributed by atoms with E-state index in [1.54, 1.807) is 0 Å². The highest BCUT2D eigenvalue weighted by Crippen LogP contribution is 2.14. The van der Waals surface area contributed by atoms with E-state index in [-0.39, 0.29) is 0 Å². The van der Waals surface area contributed by atoms with Gasteiger partial charge in [-0.15, -0.1) is 0 Å². The van der Waals surface area contributed by atoms with Crippen molar-refractivity contribution in [1.29, 1.82) is 5.41 Å². The number of nitrogens with two attached hydrogens (primary N) is 1. The van der Waals surface area contributed by atoms with Gasteiger partial charge in [-0.05, 0) is 23.6 Å². The first-order valence-corrected chi connectivity index (χ1v) is 4.01. The second-order valence-electron chi connectivity index (χ2n) is 2.92. The summed E-state index contributed by atoms with van der Waals surface area (Å²) in [4.78, 5) is 8.35. The van der Waals surface area contributed by atoms with Crippen LogP contribution in [0.2, 0.25) is 0 Å². The molecule has 0 aliphatic heterocycles. The SMILES string of the molecule is CC(C)c1ccc(N)cc1.N=C=O. The number of hydrogen-bond acceptors (Lipinski definition) is 3. The van der Waals surface area contributed by atoms with Crippen molar-refractivity contribution < 1.29 is 4.79 Å². The second kappa shape index (κ2) is 5.98. The summed E-state index contributed by atoms with van der Waals surface area (Å²) in [5, 5.41) is 5.40. The molecular weight excluding hydrogens is 164 g/mol. The minimum atomic E-state index is 0.598. The molecule has 13 heavy (non-hydrogen) atoms. The third-order valence-corrected chi connectivity index (χ3v) is 1.60. The molecule has 1 rings (SSSR count). The molecule has 0 aliphatic rings. The molecular formula is C10H14N2O. The molecule has 0 heterocycles. The Hall–Kier alpha value is -1.60. The van der Waals surface area contributed by atoms with Crippen molar-refractivity contribution in [2.75, 3.05) is 5.73 Å². The van der Waals surface area contributed by atoms with E-state index < -0.39 is 0 Å². The topological polar surface area (TPSA) is 66.9 Å². The molecule has 0 saturated carbocycles. The van der Waals surface area contributed by atoms with Crippen LogP contribution in [-0.4, -0.2) is 6.08 Å². The first-order chi connectivity index (χ1) is 6.11. The molecule has 3 nitrogen and oxygen atoms in total. The Labute approximate surface area is 78.1 Å². The lowest BCUT2D eigenvalue weighted by molar-refractivity contribution is 0.563. The van der Waals surface area contributed by atoms with E-state index in [9.17, 15) is 0 Å². The second-order valence-corrected chi connectivity index (χ2v) is 2.92. The normalized spacial score (nSPS) is 8.54. The van der Waals surface area contributed by atoms with E-state index in [4.69, 9.17) is 15.9 Å². The zero-order chi connectivity index (χ0) is 10.3. The Kier molecular flexibility index (Phi) is 5.24. The van der Waals surface area contributed by atoms with Gasteiger partial charge in [0.1, 0.15) is 0 Å². The summed E-state index contributed by atoms with van der Waals surface area (Å²) >= 11 is 0. The molecule has 1 aromatic carbocycles. The van der Waals surface area contributed by atoms with Crippen LogP contribution < -0.4 is 5.73 Å². The summed E-state index contributed by atoms with van der Waals surface area (Å²) in [7, 11) is 0. The van der Waals surface area contributed by atoms with E-state index in [1.807, 2.05) is 12.1 Å². The fourth-order valence-corrected chi connectivity index (χ4v) is 0.881. The Balaban J connectivity index is 0.000000424. The summed E-state index contributed by atoms with van der Waals surface area (Å²) in [6.07, 6.45) is 0.750. The lowest BCUT2D eigenvalue weighted by Crippen LogP contribution is -1.88. The van der Waals surface area contributed by atoms with Crippen LogP contribution in [0.25, 0.3) is 0 Å². The molecule has 3 heteroatoms. The predicted molar refractivity (Wildman–Crippen MR) is 53.4 cm³/mol. The standard InChI is InChI=1S/C9H13N.CHNO/c1-7(2)8-3-5-9(10)6-4-8;2-1-3/h3-7H,10H2,1-2H3;2H. The van der Waals surface area contributed by atoms with E-state index in [1.165, 1.54) is 5.56 Å². The highest BCUT2D eigenvalue weighted by Gasteiger charge is 1.95. The van der Waals surface area contributed by atoms with Gasteiger partial charge in [-0.2, -0.15) is 0 Å². The first kappa shape index (κ1) is 11.4. The number of nitrogen functional groups attached to an aromatic ring is 1. The average molecular weight is 178 g/mol. The van der Waals surface area contributed by atoms with Crippen molar-refractivity contribution in [1.82, 2.24) is 0 Å². The van der Waals surface area contributed by atoms with E-state index in [2.05, 4.69) is 26.0 Å². The Bertz CT molecular complexity index is 271. The van der Waals surface area contributed by atoms with Crippen LogP contribution >= 0.6 is 0 Å². The maximum Gasteiger partial charge on any atom is 0.231 e. The van der Waals surface area contributed by atoms with Gasteiger partial charge in [0.15, 0.2) is 0 Å². The number of carbonyl (C=O) groups excluding carboxylic acids is 1. The van der Waals surface area contributed by atoms with Gasteiger partial charge in [0, 0.05) is 5.69 Å². The van der Waals surface area contributed by atoms with Crippen LogP contribution in [-0.2, 0) is 4.79 Å². The number of anilines is 1. The molecule has 3 N–H and O–H groups in total. The van der Waals surface area contributed by atoms with Gasteiger partial charge in [0.2, 0.25) is 6.08 Å². The number of hydrogen-bond donors (Lipinski definition) is 2. The average Bonchev–Trinajstić information content (AvgIpc) is 2.06. The summed E-state index contributed by atoms with van der Waals surface area (Å²) < 4.78 is 0. The fourth-order valence-electron chi connectivity index (χ4n) is 0.881. The van der Waals surface area contributed by atoms with Gasteiger partial charge in [-0.1, -0.05) is 26.0 Å². The van der Waals surface area contributed by atoms with Gasteiger partial charge < -0.3 is 5.73 Å². The zero-order valence-electron chi connectivity index (χ0n) is 7.87. The molecule has 0 amide bonds. The van der Waals surface area contributed by atoms with Crippen LogP contribution in [0.1, 0.15) is 25.3 Å². The van der Waals surface area contributed by atoms with Gasteiger partial charge in [-0.25, -0.2) is 10.2 Å². The lowest BCUT2D eigenvalue weighted by Gasteiger charge is -2.03. The number of benzene rings is 1. The van der Waals surface area contributed by atoms with E-state index in [0.29, 0.717) is 5.92 Å². The monoisotopic (exact) mass is 178 g/mol. The predicted octanol–water partition coefficient (Wildman–Crippen LogP) is 2.29. The van der Waals surface area contributed by atoms with Crippen LogP contribution in [0.3, 0.4) is 0 Å². The molecule has 70 valence electrons. The molecule has 0 spiro atoms. The highest BCUT2D eigenvalue weighted by molar-refractivity contribution is 5.39. The van der Waals surface area contributed by atoms with Crippen LogP contribution in [0.4, 0.5) is 5.69 Å². The van der Waals surface area contributed by atoms with Crippen molar-refractivity contribution in [3.63, 3.8) is 0 Å². The zero-order valence-corrected chi connectivity index (χ0v) is 7.87. The summed E-state index contributed by atoms with van der Waals surface area (Å²) in [5.74, 6) is 0.598. The fraction of sp³-hybridized carbons (Fsp3) is 0.300. The number of isocyanates is 1. The van der Waals surface area contributed by atoms with Crippen LogP contribution in [0, 0.1) is 5.41 Å². The smallest absolute Gasteiger partial charge is 0.231 e. The van der Waals surface area contributed by atoms with E-state index >= 15 is 0 Å². The molecule has 0 atom stereocenters. The lowest BCUT2D eigenvalue weighted by atomic mass is 10.0. The Morgan fingerprint density at radius 2 is 1.69 bits per heavy atom. The highest BCUT2D eigenvalue weighted by atomic mass is 16.1. The van der Waals surface area contributed by atoms with Crippen LogP contribution in [0.5, 0.6) is 0 Å². The maximum atomic E-state index is 8.35. The first-order valence-electron chi connectivity index (χ1n) is 4.01. The van der Waals surface area contributed by atoms with Crippen molar-refractivity contribution in [2.24, 2.45) is 0 Å². The summed E-state index contributed by atoms with van der Waals surface area (Å²) in [5.41, 5.74) is 7.71. The molecule has 0 saturated heterocycles. The quantitative estimate of drug-likeness (QED) is 0.393.